The first-order valence-corrected chi connectivity index (χ1v) is 12.6. The maximum atomic E-state index is 12.8. The number of benzene rings is 3. The van der Waals surface area contributed by atoms with Gasteiger partial charge in [0.05, 0.1) is 21.6 Å². The lowest BCUT2D eigenvalue weighted by Gasteiger charge is -2.16. The molecule has 3 rings (SSSR count). The fourth-order valence-corrected chi connectivity index (χ4v) is 4.37. The number of halogens is 4. The van der Waals surface area contributed by atoms with Gasteiger partial charge in [-0.2, -0.15) is 5.26 Å². The van der Waals surface area contributed by atoms with E-state index in [4.69, 9.17) is 32.7 Å². The Kier molecular flexibility index (Phi) is 9.26. The van der Waals surface area contributed by atoms with Gasteiger partial charge in [0.25, 0.3) is 5.91 Å². The van der Waals surface area contributed by atoms with Gasteiger partial charge in [-0.05, 0) is 104 Å². The van der Waals surface area contributed by atoms with Crippen molar-refractivity contribution >= 4 is 72.7 Å². The highest BCUT2D eigenvalue weighted by Gasteiger charge is 2.19. The van der Waals surface area contributed by atoms with Crippen LogP contribution < -0.4 is 14.8 Å². The molecule has 3 aromatic carbocycles. The van der Waals surface area contributed by atoms with E-state index in [9.17, 15) is 10.1 Å². The summed E-state index contributed by atoms with van der Waals surface area (Å²) in [5.74, 6) is 0.344. The molecular weight excluding hydrogens is 619 g/mol. The molecule has 3 aromatic rings. The fraction of sp³-hybridized carbons (Fsp3) is 0.154. The zero-order valence-electron chi connectivity index (χ0n) is 19.0. The largest absolute Gasteiger partial charge is 0.493 e. The van der Waals surface area contributed by atoms with Crippen molar-refractivity contribution in [3.05, 3.63) is 89.3 Å². The maximum Gasteiger partial charge on any atom is 0.266 e. The van der Waals surface area contributed by atoms with Crippen LogP contribution >= 0.6 is 55.1 Å². The van der Waals surface area contributed by atoms with Gasteiger partial charge < -0.3 is 14.8 Å². The number of carbonyl (C=O) groups excluding carboxylic acids is 1. The Morgan fingerprint density at radius 1 is 1.06 bits per heavy atom. The molecule has 0 aromatic heterocycles. The summed E-state index contributed by atoms with van der Waals surface area (Å²) in [7, 11) is 1.51. The second kappa shape index (κ2) is 12.0. The number of carbonyl (C=O) groups is 1. The van der Waals surface area contributed by atoms with Crippen LogP contribution in [0.3, 0.4) is 0 Å². The Morgan fingerprint density at radius 3 is 2.43 bits per heavy atom. The van der Waals surface area contributed by atoms with Crippen LogP contribution in [0.4, 0.5) is 5.69 Å². The van der Waals surface area contributed by atoms with Crippen molar-refractivity contribution in [1.29, 1.82) is 5.26 Å². The lowest BCUT2D eigenvalue weighted by atomic mass is 10.1. The molecule has 0 spiro atoms. The number of nitrogens with zero attached hydrogens (tertiary/aromatic N) is 1. The number of rotatable bonds is 7. The number of nitriles is 1. The molecule has 0 aliphatic rings. The Bertz CT molecular complexity index is 1370. The zero-order chi connectivity index (χ0) is 25.7. The van der Waals surface area contributed by atoms with E-state index in [0.717, 1.165) is 16.7 Å². The van der Waals surface area contributed by atoms with E-state index in [-0.39, 0.29) is 12.2 Å². The number of ether oxygens (including phenoxy) is 2. The molecule has 0 heterocycles. The second-order valence-corrected chi connectivity index (χ2v) is 9.99. The summed E-state index contributed by atoms with van der Waals surface area (Å²) < 4.78 is 12.7. The normalized spacial score (nSPS) is 11.1. The molecule has 35 heavy (non-hydrogen) atoms. The van der Waals surface area contributed by atoms with Crippen LogP contribution in [0.1, 0.15) is 22.3 Å². The number of amides is 1. The summed E-state index contributed by atoms with van der Waals surface area (Å²) in [6, 6.07) is 14.5. The minimum atomic E-state index is -0.516. The van der Waals surface area contributed by atoms with Gasteiger partial charge in [-0.25, -0.2) is 0 Å². The Hall–Kier alpha value is -2.50. The topological polar surface area (TPSA) is 71.3 Å². The molecule has 1 amide bonds. The average Bonchev–Trinajstić information content (AvgIpc) is 2.83. The standard InChI is InChI=1S/C26H20Br2Cl2N2O3/c1-14-4-6-19(8-15(14)2)32-26(33)18(12-31)10-17-11-22(34-3)25(24(28)23(17)27)35-13-16-5-7-20(29)21(30)9-16/h4-11H,13H2,1-3H3,(H,32,33)/b18-10-. The monoisotopic (exact) mass is 636 g/mol. The van der Waals surface area contributed by atoms with Crippen LogP contribution in [-0.4, -0.2) is 13.0 Å². The molecule has 0 bridgehead atoms. The highest BCUT2D eigenvalue weighted by Crippen LogP contribution is 2.44. The van der Waals surface area contributed by atoms with Crippen molar-refractivity contribution in [3.63, 3.8) is 0 Å². The number of aryl methyl sites for hydroxylation is 2. The van der Waals surface area contributed by atoms with Gasteiger partial charge in [-0.15, -0.1) is 0 Å². The van der Waals surface area contributed by atoms with Gasteiger partial charge in [0, 0.05) is 10.2 Å². The van der Waals surface area contributed by atoms with Crippen LogP contribution in [0, 0.1) is 25.2 Å². The molecular formula is C26H20Br2Cl2N2O3. The van der Waals surface area contributed by atoms with Crippen LogP contribution in [0.2, 0.25) is 10.0 Å². The van der Waals surface area contributed by atoms with Crippen molar-refractivity contribution in [2.75, 3.05) is 12.4 Å². The van der Waals surface area contributed by atoms with E-state index < -0.39 is 5.91 Å². The third kappa shape index (κ3) is 6.59. The predicted molar refractivity (Wildman–Crippen MR) is 147 cm³/mol. The lowest BCUT2D eigenvalue weighted by molar-refractivity contribution is -0.112. The summed E-state index contributed by atoms with van der Waals surface area (Å²) in [6.45, 7) is 4.16. The maximum absolute atomic E-state index is 12.8. The molecule has 0 saturated carbocycles. The van der Waals surface area contributed by atoms with Crippen molar-refractivity contribution in [2.24, 2.45) is 0 Å². The molecule has 0 aliphatic carbocycles. The van der Waals surface area contributed by atoms with E-state index in [1.807, 2.05) is 38.1 Å². The van der Waals surface area contributed by atoms with Crippen LogP contribution in [-0.2, 0) is 11.4 Å². The molecule has 180 valence electrons. The smallest absolute Gasteiger partial charge is 0.266 e. The quantitative estimate of drug-likeness (QED) is 0.209. The van der Waals surface area contributed by atoms with E-state index in [1.165, 1.54) is 13.2 Å². The number of anilines is 1. The van der Waals surface area contributed by atoms with Gasteiger partial charge in [-0.3, -0.25) is 4.79 Å². The zero-order valence-corrected chi connectivity index (χ0v) is 23.7. The second-order valence-electron chi connectivity index (χ2n) is 7.59. The Labute approximate surface area is 230 Å². The molecule has 0 atom stereocenters. The van der Waals surface area contributed by atoms with Crippen molar-refractivity contribution < 1.29 is 14.3 Å². The molecule has 0 fully saturated rings. The van der Waals surface area contributed by atoms with Gasteiger partial charge in [0.1, 0.15) is 18.2 Å². The molecule has 0 aliphatic heterocycles. The van der Waals surface area contributed by atoms with Gasteiger partial charge in [0.15, 0.2) is 11.5 Å². The fourth-order valence-electron chi connectivity index (χ4n) is 3.10. The molecule has 5 nitrogen and oxygen atoms in total. The van der Waals surface area contributed by atoms with Crippen LogP contribution in [0.15, 0.2) is 57.0 Å². The van der Waals surface area contributed by atoms with Crippen molar-refractivity contribution in [3.8, 4) is 17.6 Å². The van der Waals surface area contributed by atoms with Crippen LogP contribution in [0.25, 0.3) is 6.08 Å². The number of hydrogen-bond acceptors (Lipinski definition) is 4. The minimum Gasteiger partial charge on any atom is -0.493 e. The van der Waals surface area contributed by atoms with Gasteiger partial charge >= 0.3 is 0 Å². The van der Waals surface area contributed by atoms with Gasteiger partial charge in [-0.1, -0.05) is 35.3 Å². The minimum absolute atomic E-state index is 0.0673. The SMILES string of the molecule is COc1cc(/C=C(/C#N)C(=O)Nc2ccc(C)c(C)c2)c(Br)c(Br)c1OCc1ccc(Cl)c(Cl)c1. The van der Waals surface area contributed by atoms with E-state index in [2.05, 4.69) is 37.2 Å². The average molecular weight is 639 g/mol. The lowest BCUT2D eigenvalue weighted by Crippen LogP contribution is -2.13. The summed E-state index contributed by atoms with van der Waals surface area (Å²) in [5.41, 5.74) is 4.08. The molecule has 0 radical (unpaired) electrons. The van der Waals surface area contributed by atoms with Crippen LogP contribution in [0.5, 0.6) is 11.5 Å². The molecule has 9 heteroatoms. The summed E-state index contributed by atoms with van der Waals surface area (Å²) in [4.78, 5) is 12.8. The third-order valence-electron chi connectivity index (χ3n) is 5.17. The Balaban J connectivity index is 1.88. The summed E-state index contributed by atoms with van der Waals surface area (Å²) in [6.07, 6.45) is 1.48. The molecule has 0 saturated heterocycles. The number of methoxy groups -OCH3 is 1. The highest BCUT2D eigenvalue weighted by molar-refractivity contribution is 9.13. The number of hydrogen-bond donors (Lipinski definition) is 1. The molecule has 0 unspecified atom stereocenters. The van der Waals surface area contributed by atoms with E-state index in [1.54, 1.807) is 24.3 Å². The first-order valence-electron chi connectivity index (χ1n) is 10.3. The highest BCUT2D eigenvalue weighted by atomic mass is 79.9. The van der Waals surface area contributed by atoms with Crippen molar-refractivity contribution in [1.82, 2.24) is 0 Å². The summed E-state index contributed by atoms with van der Waals surface area (Å²) in [5, 5.41) is 13.3. The first-order chi connectivity index (χ1) is 16.6. The first kappa shape index (κ1) is 27.1. The number of nitrogens with one attached hydrogen (secondary N) is 1. The van der Waals surface area contributed by atoms with Crippen molar-refractivity contribution in [2.45, 2.75) is 20.5 Å². The Morgan fingerprint density at radius 2 is 1.80 bits per heavy atom. The van der Waals surface area contributed by atoms with Gasteiger partial charge in [0.2, 0.25) is 0 Å². The summed E-state index contributed by atoms with van der Waals surface area (Å²) >= 11 is 19.1. The predicted octanol–water partition coefficient (Wildman–Crippen LogP) is 8.27. The van der Waals surface area contributed by atoms with E-state index in [0.29, 0.717) is 41.7 Å². The van der Waals surface area contributed by atoms with E-state index >= 15 is 0 Å². The molecule has 1 N–H and O–H groups in total. The third-order valence-corrected chi connectivity index (χ3v) is 8.05.